The maximum Gasteiger partial charge on any atom is 0.222 e. The fourth-order valence-corrected chi connectivity index (χ4v) is 2.72. The van der Waals surface area contributed by atoms with E-state index in [0.717, 1.165) is 32.2 Å². The van der Waals surface area contributed by atoms with Gasteiger partial charge in [-0.15, -0.1) is 0 Å². The first-order valence-corrected chi connectivity index (χ1v) is 7.58. The van der Waals surface area contributed by atoms with Crippen LogP contribution in [0.25, 0.3) is 0 Å². The van der Waals surface area contributed by atoms with Crippen molar-refractivity contribution >= 4 is 5.91 Å². The van der Waals surface area contributed by atoms with Gasteiger partial charge in [-0.3, -0.25) is 4.79 Å². The van der Waals surface area contributed by atoms with Crippen molar-refractivity contribution in [2.75, 3.05) is 13.6 Å². The molecular formula is C17H25NO2. The topological polar surface area (TPSA) is 40.5 Å². The number of amides is 1. The summed E-state index contributed by atoms with van der Waals surface area (Å²) in [5, 5.41) is 9.26. The lowest BCUT2D eigenvalue weighted by Gasteiger charge is -2.34. The van der Waals surface area contributed by atoms with Crippen LogP contribution in [0.15, 0.2) is 24.3 Å². The van der Waals surface area contributed by atoms with Crippen LogP contribution in [0.2, 0.25) is 0 Å². The van der Waals surface area contributed by atoms with Crippen molar-refractivity contribution in [2.45, 2.75) is 45.1 Å². The zero-order chi connectivity index (χ0) is 14.5. The molecule has 1 aliphatic carbocycles. The number of aliphatic hydroxyl groups is 1. The highest BCUT2D eigenvalue weighted by Crippen LogP contribution is 2.27. The van der Waals surface area contributed by atoms with Crippen LogP contribution in [-0.4, -0.2) is 35.6 Å². The normalized spacial score (nSPS) is 21.4. The number of hydrogen-bond acceptors (Lipinski definition) is 2. The number of nitrogens with zero attached hydrogens (tertiary/aromatic N) is 1. The molecule has 1 aliphatic rings. The molecule has 0 radical (unpaired) electrons. The minimum atomic E-state index is -0.138. The van der Waals surface area contributed by atoms with E-state index in [0.29, 0.717) is 12.3 Å². The van der Waals surface area contributed by atoms with E-state index in [-0.39, 0.29) is 12.0 Å². The van der Waals surface area contributed by atoms with Crippen molar-refractivity contribution in [3.8, 4) is 0 Å². The summed E-state index contributed by atoms with van der Waals surface area (Å²) in [5.41, 5.74) is 2.56. The molecule has 0 unspecified atom stereocenters. The number of carbonyl (C=O) groups excluding carboxylic acids is 1. The maximum absolute atomic E-state index is 12.1. The van der Waals surface area contributed by atoms with Crippen LogP contribution in [0.1, 0.15) is 37.3 Å². The Hall–Kier alpha value is -1.35. The molecule has 1 fully saturated rings. The number of carbonyl (C=O) groups is 1. The first-order chi connectivity index (χ1) is 9.58. The van der Waals surface area contributed by atoms with Crippen LogP contribution in [-0.2, 0) is 17.6 Å². The average molecular weight is 275 g/mol. The highest BCUT2D eigenvalue weighted by molar-refractivity contribution is 5.76. The fourth-order valence-electron chi connectivity index (χ4n) is 2.72. The van der Waals surface area contributed by atoms with E-state index in [1.807, 2.05) is 11.9 Å². The highest BCUT2D eigenvalue weighted by atomic mass is 16.3. The van der Waals surface area contributed by atoms with Gasteiger partial charge in [0.15, 0.2) is 0 Å². The third kappa shape index (κ3) is 4.07. The molecule has 3 heteroatoms. The lowest BCUT2D eigenvalue weighted by Crippen LogP contribution is -2.39. The third-order valence-corrected chi connectivity index (χ3v) is 4.23. The van der Waals surface area contributed by atoms with Gasteiger partial charge in [0.2, 0.25) is 5.91 Å². The van der Waals surface area contributed by atoms with Gasteiger partial charge in [0.05, 0.1) is 6.10 Å². The zero-order valence-electron chi connectivity index (χ0n) is 12.5. The molecule has 0 aromatic heterocycles. The summed E-state index contributed by atoms with van der Waals surface area (Å²) in [4.78, 5) is 13.9. The largest absolute Gasteiger partial charge is 0.393 e. The molecular weight excluding hydrogens is 250 g/mol. The van der Waals surface area contributed by atoms with Crippen molar-refractivity contribution in [3.05, 3.63) is 35.4 Å². The minimum absolute atomic E-state index is 0.138. The molecule has 0 atom stereocenters. The second kappa shape index (κ2) is 6.89. The predicted molar refractivity (Wildman–Crippen MR) is 80.5 cm³/mol. The number of hydrogen-bond donors (Lipinski definition) is 1. The second-order valence-corrected chi connectivity index (χ2v) is 5.94. The van der Waals surface area contributed by atoms with Gasteiger partial charge in [-0.1, -0.05) is 31.2 Å². The monoisotopic (exact) mass is 275 g/mol. The average Bonchev–Trinajstić information content (AvgIpc) is 2.43. The number of aliphatic hydroxyl groups excluding tert-OH is 1. The van der Waals surface area contributed by atoms with Crippen molar-refractivity contribution < 1.29 is 9.90 Å². The van der Waals surface area contributed by atoms with Gasteiger partial charge < -0.3 is 10.0 Å². The van der Waals surface area contributed by atoms with Crippen LogP contribution in [0.4, 0.5) is 0 Å². The van der Waals surface area contributed by atoms with E-state index in [9.17, 15) is 9.90 Å². The molecule has 20 heavy (non-hydrogen) atoms. The summed E-state index contributed by atoms with van der Waals surface area (Å²) in [7, 11) is 1.87. The summed E-state index contributed by atoms with van der Waals surface area (Å²) >= 11 is 0. The first kappa shape index (κ1) is 15.0. The molecule has 3 nitrogen and oxygen atoms in total. The summed E-state index contributed by atoms with van der Waals surface area (Å²) < 4.78 is 0. The quantitative estimate of drug-likeness (QED) is 0.866. The summed E-state index contributed by atoms with van der Waals surface area (Å²) in [6.45, 7) is 2.93. The number of benzene rings is 1. The molecule has 0 spiro atoms. The highest BCUT2D eigenvalue weighted by Gasteiger charge is 2.28. The maximum atomic E-state index is 12.1. The summed E-state index contributed by atoms with van der Waals surface area (Å²) in [5.74, 6) is 0.689. The van der Waals surface area contributed by atoms with E-state index in [1.54, 1.807) is 0 Å². The summed E-state index contributed by atoms with van der Waals surface area (Å²) in [6.07, 6.45) is 3.97. The SMILES string of the molecule is CCc1ccc(CCC(=O)N(C)CC2CC(O)C2)cc1. The van der Waals surface area contributed by atoms with Gasteiger partial charge >= 0.3 is 0 Å². The molecule has 0 saturated heterocycles. The Labute approximate surface area is 121 Å². The van der Waals surface area contributed by atoms with Gasteiger partial charge in [0, 0.05) is 20.0 Å². The Morgan fingerprint density at radius 3 is 2.40 bits per heavy atom. The molecule has 110 valence electrons. The molecule has 1 aromatic carbocycles. The smallest absolute Gasteiger partial charge is 0.222 e. The van der Waals surface area contributed by atoms with E-state index >= 15 is 0 Å². The minimum Gasteiger partial charge on any atom is -0.393 e. The molecule has 0 aliphatic heterocycles. The lowest BCUT2D eigenvalue weighted by atomic mass is 9.82. The van der Waals surface area contributed by atoms with E-state index < -0.39 is 0 Å². The Bertz CT molecular complexity index is 435. The van der Waals surface area contributed by atoms with Crippen LogP contribution in [0, 0.1) is 5.92 Å². The Balaban J connectivity index is 1.73. The van der Waals surface area contributed by atoms with Crippen molar-refractivity contribution in [2.24, 2.45) is 5.92 Å². The van der Waals surface area contributed by atoms with E-state index in [1.165, 1.54) is 11.1 Å². The lowest BCUT2D eigenvalue weighted by molar-refractivity contribution is -0.131. The fraction of sp³-hybridized carbons (Fsp3) is 0.588. The van der Waals surface area contributed by atoms with Gasteiger partial charge in [-0.2, -0.15) is 0 Å². The molecule has 0 bridgehead atoms. The Morgan fingerprint density at radius 1 is 1.25 bits per heavy atom. The second-order valence-electron chi connectivity index (χ2n) is 5.94. The zero-order valence-corrected chi connectivity index (χ0v) is 12.5. The summed E-state index contributed by atoms with van der Waals surface area (Å²) in [6, 6.07) is 8.52. The van der Waals surface area contributed by atoms with Gasteiger partial charge in [-0.25, -0.2) is 0 Å². The number of aryl methyl sites for hydroxylation is 2. The van der Waals surface area contributed by atoms with Gasteiger partial charge in [0.25, 0.3) is 0 Å². The van der Waals surface area contributed by atoms with E-state index in [4.69, 9.17) is 0 Å². The van der Waals surface area contributed by atoms with Crippen molar-refractivity contribution in [1.29, 1.82) is 0 Å². The first-order valence-electron chi connectivity index (χ1n) is 7.58. The predicted octanol–water partition coefficient (Wildman–Crippen LogP) is 2.41. The van der Waals surface area contributed by atoms with Gasteiger partial charge in [0.1, 0.15) is 0 Å². The Kier molecular flexibility index (Phi) is 5.18. The molecule has 1 N–H and O–H groups in total. The van der Waals surface area contributed by atoms with Crippen molar-refractivity contribution in [1.82, 2.24) is 4.90 Å². The number of rotatable bonds is 6. The molecule has 0 heterocycles. The molecule has 1 saturated carbocycles. The third-order valence-electron chi connectivity index (χ3n) is 4.23. The van der Waals surface area contributed by atoms with Crippen LogP contribution in [0.5, 0.6) is 0 Å². The standard InChI is InChI=1S/C17H25NO2/c1-3-13-4-6-14(7-5-13)8-9-17(20)18(2)12-15-10-16(19)11-15/h4-7,15-16,19H,3,8-12H2,1-2H3. The van der Waals surface area contributed by atoms with Crippen LogP contribution >= 0.6 is 0 Å². The van der Waals surface area contributed by atoms with Crippen molar-refractivity contribution in [3.63, 3.8) is 0 Å². The van der Waals surface area contributed by atoms with Crippen LogP contribution in [0.3, 0.4) is 0 Å². The van der Waals surface area contributed by atoms with Crippen LogP contribution < -0.4 is 0 Å². The molecule has 1 amide bonds. The van der Waals surface area contributed by atoms with Gasteiger partial charge in [-0.05, 0) is 42.7 Å². The Morgan fingerprint density at radius 2 is 1.85 bits per heavy atom. The molecule has 1 aromatic rings. The molecule has 2 rings (SSSR count). The van der Waals surface area contributed by atoms with E-state index in [2.05, 4.69) is 31.2 Å².